The lowest BCUT2D eigenvalue weighted by Crippen LogP contribution is -2.47. The van der Waals surface area contributed by atoms with E-state index in [2.05, 4.69) is 60.7 Å². The van der Waals surface area contributed by atoms with Crippen molar-refractivity contribution in [2.24, 2.45) is 5.41 Å². The Labute approximate surface area is 398 Å². The molecular weight excluding hydrogens is 915 g/mol. The van der Waals surface area contributed by atoms with Gasteiger partial charge in [-0.25, -0.2) is 22.5 Å². The van der Waals surface area contributed by atoms with E-state index < -0.39 is 37.3 Å². The van der Waals surface area contributed by atoms with E-state index in [0.29, 0.717) is 34.7 Å². The Morgan fingerprint density at radius 1 is 0.970 bits per heavy atom. The van der Waals surface area contributed by atoms with E-state index in [1.165, 1.54) is 47.0 Å². The number of rotatable bonds is 14. The van der Waals surface area contributed by atoms with Crippen LogP contribution in [-0.4, -0.2) is 90.9 Å². The fraction of sp³-hybridized carbons (Fsp3) is 0.347. The molecule has 1 amide bonds. The molecule has 2 saturated heterocycles. The third kappa shape index (κ3) is 10.8. The average molecular weight is 968 g/mol. The van der Waals surface area contributed by atoms with Gasteiger partial charge in [0.15, 0.2) is 11.6 Å². The molecule has 3 N–H and O–H groups in total. The Morgan fingerprint density at radius 3 is 2.46 bits per heavy atom. The van der Waals surface area contributed by atoms with Gasteiger partial charge < -0.3 is 19.9 Å². The number of hydrogen-bond acceptors (Lipinski definition) is 12. The monoisotopic (exact) mass is 966 g/mol. The summed E-state index contributed by atoms with van der Waals surface area (Å²) in [6.07, 6.45) is 6.24. The maximum absolute atomic E-state index is 15.5. The van der Waals surface area contributed by atoms with E-state index in [1.54, 1.807) is 41.2 Å². The average Bonchev–Trinajstić information content (AvgIpc) is 4.00. The van der Waals surface area contributed by atoms with Gasteiger partial charge in [-0.3, -0.25) is 24.7 Å². The van der Waals surface area contributed by atoms with Crippen molar-refractivity contribution in [3.05, 3.63) is 139 Å². The molecule has 2 aromatic heterocycles. The highest BCUT2D eigenvalue weighted by Crippen LogP contribution is 2.44. The second-order valence-corrected chi connectivity index (χ2v) is 21.2. The normalized spacial score (nSPS) is 17.5. The minimum absolute atomic E-state index is 0.0628. The van der Waals surface area contributed by atoms with Crippen molar-refractivity contribution in [2.75, 3.05) is 56.0 Å². The van der Waals surface area contributed by atoms with Gasteiger partial charge in [-0.2, -0.15) is 0 Å². The topological polar surface area (TPSA) is 166 Å². The summed E-state index contributed by atoms with van der Waals surface area (Å²) in [6, 6.07) is 20.9. The van der Waals surface area contributed by atoms with Crippen molar-refractivity contribution >= 4 is 72.4 Å². The van der Waals surface area contributed by atoms with Crippen molar-refractivity contribution < 1.29 is 27.3 Å². The molecule has 0 atom stereocenters. The number of nitrogens with one attached hydrogen (secondary N) is 3. The number of anilines is 2. The lowest BCUT2D eigenvalue weighted by atomic mass is 9.72. The number of aromatic amines is 1. The summed E-state index contributed by atoms with van der Waals surface area (Å²) in [6.45, 7) is 10.6. The predicted octanol–water partition coefficient (Wildman–Crippen LogP) is 10.1. The summed E-state index contributed by atoms with van der Waals surface area (Å²) in [4.78, 5) is 39.4. The first-order valence-corrected chi connectivity index (χ1v) is 25.2. The predicted molar refractivity (Wildman–Crippen MR) is 261 cm³/mol. The number of thiazole rings is 1. The van der Waals surface area contributed by atoms with Crippen molar-refractivity contribution in [1.82, 2.24) is 24.5 Å². The minimum atomic E-state index is -4.65. The fourth-order valence-corrected chi connectivity index (χ4v) is 11.0. The van der Waals surface area contributed by atoms with Crippen LogP contribution in [0.15, 0.2) is 106 Å². The molecule has 2 aliphatic heterocycles. The van der Waals surface area contributed by atoms with Crippen LogP contribution in [0.1, 0.15) is 67.6 Å². The number of piperazine rings is 1. The van der Waals surface area contributed by atoms with Gasteiger partial charge in [-0.1, -0.05) is 43.2 Å². The Hall–Kier alpha value is -5.85. The van der Waals surface area contributed by atoms with Gasteiger partial charge in [0.05, 0.1) is 26.6 Å². The first-order valence-electron chi connectivity index (χ1n) is 22.4. The summed E-state index contributed by atoms with van der Waals surface area (Å²) in [7, 11) is -4.65. The molecule has 1 aliphatic carbocycles. The molecule has 18 heteroatoms. The number of nitro benzene ring substituents is 1. The molecule has 350 valence electrons. The molecular formula is C49H52ClFN8O6S2. The van der Waals surface area contributed by atoms with Gasteiger partial charge >= 0.3 is 0 Å². The molecule has 9 rings (SSSR count). The van der Waals surface area contributed by atoms with E-state index >= 15 is 4.39 Å². The van der Waals surface area contributed by atoms with Crippen LogP contribution in [0.4, 0.5) is 21.5 Å². The minimum Gasteiger partial charge on any atom is -0.453 e. The van der Waals surface area contributed by atoms with Gasteiger partial charge in [0.1, 0.15) is 11.4 Å². The molecule has 3 aliphatic rings. The van der Waals surface area contributed by atoms with Gasteiger partial charge in [-0.05, 0) is 97.2 Å². The van der Waals surface area contributed by atoms with E-state index in [-0.39, 0.29) is 34.2 Å². The van der Waals surface area contributed by atoms with Gasteiger partial charge in [0.2, 0.25) is 0 Å². The van der Waals surface area contributed by atoms with Crippen LogP contribution in [-0.2, 0) is 16.6 Å². The number of ether oxygens (including phenoxy) is 1. The number of sulfonamides is 1. The maximum Gasteiger partial charge on any atom is 0.293 e. The Morgan fingerprint density at radius 2 is 1.73 bits per heavy atom. The largest absolute Gasteiger partial charge is 0.453 e. The van der Waals surface area contributed by atoms with Crippen LogP contribution in [0, 0.1) is 21.3 Å². The Bertz CT molecular complexity index is 2930. The second-order valence-electron chi connectivity index (χ2n) is 18.4. The zero-order valence-electron chi connectivity index (χ0n) is 37.3. The summed E-state index contributed by atoms with van der Waals surface area (Å²) in [5.74, 6) is -1.96. The number of benzene rings is 4. The molecule has 0 spiro atoms. The number of allylic oxidation sites excluding steroid dienone is 1. The zero-order valence-corrected chi connectivity index (χ0v) is 39.7. The summed E-state index contributed by atoms with van der Waals surface area (Å²) in [5.41, 5.74) is 7.87. The number of piperidine rings is 1. The number of H-pyrrole nitrogens is 1. The summed E-state index contributed by atoms with van der Waals surface area (Å²) >= 11 is 7.79. The van der Waals surface area contributed by atoms with Crippen LogP contribution in [0.25, 0.3) is 16.5 Å². The third-order valence-electron chi connectivity index (χ3n) is 13.1. The smallest absolute Gasteiger partial charge is 0.293 e. The van der Waals surface area contributed by atoms with E-state index in [4.69, 9.17) is 16.3 Å². The zero-order chi connectivity index (χ0) is 46.9. The Balaban J connectivity index is 0.916. The maximum atomic E-state index is 15.5. The standard InChI is InChI=1S/C49H52ClFN8O6S2/c1-49(2)15-11-34(41(27-49)32-3-5-35(50)6-4-32)28-57-19-21-58(22-20-57)38-7-9-40(46(24-38)65-47-23-33-12-16-52-44(33)26-42(47)51)48(60)55-67(63,64)39-8-10-43(45(25-39)59(61)62)54-36-13-17-56(18-14-36)29-37-30-66-31-53-37/h3-10,12,16,23-26,30-31,36,52,54H,11,13-15,17-22,27-29H2,1-2H3,(H,55,60). The van der Waals surface area contributed by atoms with Gasteiger partial charge in [0.25, 0.3) is 21.6 Å². The van der Waals surface area contributed by atoms with E-state index in [9.17, 15) is 23.3 Å². The molecule has 0 unspecified atom stereocenters. The van der Waals surface area contributed by atoms with Gasteiger partial charge in [0, 0.05) is 110 Å². The highest BCUT2D eigenvalue weighted by atomic mass is 35.5. The van der Waals surface area contributed by atoms with E-state index in [0.717, 1.165) is 83.1 Å². The number of nitro groups is 1. The Kier molecular flexibility index (Phi) is 13.4. The molecule has 2 fully saturated rings. The summed E-state index contributed by atoms with van der Waals surface area (Å²) < 4.78 is 51.4. The van der Waals surface area contributed by atoms with Crippen molar-refractivity contribution in [1.29, 1.82) is 0 Å². The third-order valence-corrected chi connectivity index (χ3v) is 15.3. The highest BCUT2D eigenvalue weighted by Gasteiger charge is 2.31. The lowest BCUT2D eigenvalue weighted by Gasteiger charge is -2.39. The molecule has 14 nitrogen and oxygen atoms in total. The first kappa shape index (κ1) is 46.3. The van der Waals surface area contributed by atoms with Crippen LogP contribution in [0.5, 0.6) is 11.5 Å². The number of carbonyl (C=O) groups is 1. The summed E-state index contributed by atoms with van der Waals surface area (Å²) in [5, 5.41) is 18.9. The second kappa shape index (κ2) is 19.4. The van der Waals surface area contributed by atoms with E-state index in [1.807, 2.05) is 17.5 Å². The number of amides is 1. The molecule has 0 saturated carbocycles. The highest BCUT2D eigenvalue weighted by molar-refractivity contribution is 7.90. The van der Waals surface area contributed by atoms with Crippen LogP contribution >= 0.6 is 22.9 Å². The molecule has 67 heavy (non-hydrogen) atoms. The molecule has 0 bridgehead atoms. The van der Waals surface area contributed by atoms with Crippen molar-refractivity contribution in [3.8, 4) is 11.5 Å². The van der Waals surface area contributed by atoms with Gasteiger partial charge in [-0.15, -0.1) is 11.3 Å². The number of nitrogens with zero attached hydrogens (tertiary/aromatic N) is 5. The quantitative estimate of drug-likeness (QED) is 0.0703. The number of fused-ring (bicyclic) bond motifs is 1. The number of aromatic nitrogens is 2. The first-order chi connectivity index (χ1) is 32.2. The van der Waals surface area contributed by atoms with Crippen molar-refractivity contribution in [3.63, 3.8) is 0 Å². The van der Waals surface area contributed by atoms with Crippen LogP contribution in [0.3, 0.4) is 0 Å². The number of hydrogen-bond donors (Lipinski definition) is 3. The molecule has 0 radical (unpaired) electrons. The molecule has 6 aromatic rings. The number of halogens is 2. The van der Waals surface area contributed by atoms with Crippen LogP contribution < -0.4 is 19.7 Å². The lowest BCUT2D eigenvalue weighted by molar-refractivity contribution is -0.384. The van der Waals surface area contributed by atoms with Crippen LogP contribution in [0.2, 0.25) is 5.02 Å². The SMILES string of the molecule is CC1(C)CCC(CN2CCN(c3ccc(C(=O)NS(=O)(=O)c4ccc(NC5CCN(Cc6cscn6)CC5)c([N+](=O)[O-])c4)c(Oc4cc5cc[nH]c5cc4F)c3)CC2)=C(c2ccc(Cl)cc2)C1. The number of likely N-dealkylation sites (tertiary alicyclic amines) is 1. The number of carbonyl (C=O) groups excluding carboxylic acids is 1. The van der Waals surface area contributed by atoms with Crippen molar-refractivity contribution in [2.45, 2.75) is 63.4 Å². The molecule has 4 aromatic carbocycles. The molecule has 4 heterocycles. The fourth-order valence-electron chi connectivity index (χ4n) is 9.32.